The highest BCUT2D eigenvalue weighted by Gasteiger charge is 2.19. The second-order valence-electron chi connectivity index (χ2n) is 3.77. The Bertz CT molecular complexity index is 614. The van der Waals surface area contributed by atoms with Gasteiger partial charge in [-0.2, -0.15) is 4.98 Å². The summed E-state index contributed by atoms with van der Waals surface area (Å²) in [6.07, 6.45) is 0.471. The zero-order valence-electron chi connectivity index (χ0n) is 10.6. The highest BCUT2D eigenvalue weighted by atomic mass is 35.5. The number of para-hydroxylation sites is 1. The molecular formula is C13H12ClNO4S. The van der Waals surface area contributed by atoms with E-state index in [4.69, 9.17) is 21.4 Å². The minimum absolute atomic E-state index is 0.0202. The Morgan fingerprint density at radius 1 is 1.45 bits per heavy atom. The molecule has 1 aromatic carbocycles. The molecule has 0 aliphatic carbocycles. The average Bonchev–Trinajstić information content (AvgIpc) is 2.81. The summed E-state index contributed by atoms with van der Waals surface area (Å²) in [4.78, 5) is 15.6. The molecule has 0 aliphatic rings. The first-order valence-corrected chi connectivity index (χ1v) is 6.96. The van der Waals surface area contributed by atoms with Crippen LogP contribution in [0.1, 0.15) is 15.2 Å². The third-order valence-corrected chi connectivity index (χ3v) is 3.79. The van der Waals surface area contributed by atoms with E-state index in [9.17, 15) is 4.79 Å². The maximum atomic E-state index is 11.4. The number of methoxy groups -OCH3 is 1. The molecule has 2 rings (SSSR count). The van der Waals surface area contributed by atoms with Gasteiger partial charge >= 0.3 is 5.97 Å². The molecule has 20 heavy (non-hydrogen) atoms. The molecule has 0 fully saturated rings. The van der Waals surface area contributed by atoms with Crippen molar-refractivity contribution in [3.8, 4) is 10.9 Å². The van der Waals surface area contributed by atoms with Gasteiger partial charge in [0.25, 0.3) is 5.19 Å². The van der Waals surface area contributed by atoms with Crippen LogP contribution in [0.3, 0.4) is 0 Å². The molecule has 0 aliphatic heterocycles. The summed E-state index contributed by atoms with van der Waals surface area (Å²) in [6, 6.07) is 7.28. The largest absolute Gasteiger partial charge is 0.465 e. The second-order valence-corrected chi connectivity index (χ2v) is 5.09. The number of carbonyl (C=O) groups excluding carboxylic acids is 1. The van der Waals surface area contributed by atoms with Crippen molar-refractivity contribution < 1.29 is 19.4 Å². The fourth-order valence-electron chi connectivity index (χ4n) is 1.57. The van der Waals surface area contributed by atoms with E-state index in [0.29, 0.717) is 12.2 Å². The van der Waals surface area contributed by atoms with Gasteiger partial charge < -0.3 is 14.6 Å². The van der Waals surface area contributed by atoms with Crippen molar-refractivity contribution in [3.63, 3.8) is 0 Å². The lowest BCUT2D eigenvalue weighted by atomic mass is 10.1. The van der Waals surface area contributed by atoms with E-state index < -0.39 is 5.97 Å². The van der Waals surface area contributed by atoms with E-state index in [1.807, 2.05) is 18.2 Å². The van der Waals surface area contributed by atoms with Crippen molar-refractivity contribution in [2.45, 2.75) is 6.42 Å². The van der Waals surface area contributed by atoms with Crippen molar-refractivity contribution in [3.05, 3.63) is 39.9 Å². The van der Waals surface area contributed by atoms with Crippen LogP contribution in [-0.2, 0) is 11.2 Å². The van der Waals surface area contributed by atoms with Gasteiger partial charge in [-0.25, -0.2) is 4.79 Å². The predicted octanol–water partition coefficient (Wildman–Crippen LogP) is 2.91. The molecule has 0 unspecified atom stereocenters. The number of aliphatic hydroxyl groups excluding tert-OH is 1. The van der Waals surface area contributed by atoms with Gasteiger partial charge in [0, 0.05) is 6.61 Å². The lowest BCUT2D eigenvalue weighted by Gasteiger charge is -2.07. The van der Waals surface area contributed by atoms with Crippen molar-refractivity contribution in [1.29, 1.82) is 0 Å². The van der Waals surface area contributed by atoms with E-state index in [1.54, 1.807) is 6.07 Å². The Hall–Kier alpha value is -1.63. The number of benzene rings is 1. The van der Waals surface area contributed by atoms with Gasteiger partial charge in [-0.1, -0.05) is 41.1 Å². The number of aliphatic hydroxyl groups is 1. The van der Waals surface area contributed by atoms with Crippen LogP contribution in [0, 0.1) is 0 Å². The molecule has 0 spiro atoms. The van der Waals surface area contributed by atoms with Gasteiger partial charge in [-0.05, 0) is 18.1 Å². The average molecular weight is 314 g/mol. The van der Waals surface area contributed by atoms with Crippen LogP contribution in [0.2, 0.25) is 5.15 Å². The minimum atomic E-state index is -0.550. The first-order valence-electron chi connectivity index (χ1n) is 5.77. The number of rotatable bonds is 5. The first-order chi connectivity index (χ1) is 9.65. The number of hydrogen-bond acceptors (Lipinski definition) is 6. The van der Waals surface area contributed by atoms with Crippen LogP contribution in [0.5, 0.6) is 10.9 Å². The maximum absolute atomic E-state index is 11.4. The molecule has 5 nitrogen and oxygen atoms in total. The number of carbonyl (C=O) groups is 1. The van der Waals surface area contributed by atoms with Crippen molar-refractivity contribution in [2.75, 3.05) is 13.7 Å². The maximum Gasteiger partial charge on any atom is 0.351 e. The number of aromatic nitrogens is 1. The molecule has 0 amide bonds. The number of nitrogens with zero attached hydrogens (tertiary/aromatic N) is 1. The van der Waals surface area contributed by atoms with Gasteiger partial charge in [-0.15, -0.1) is 0 Å². The van der Waals surface area contributed by atoms with E-state index in [2.05, 4.69) is 9.72 Å². The molecule has 2 aromatic rings. The van der Waals surface area contributed by atoms with Crippen LogP contribution in [0.25, 0.3) is 0 Å². The van der Waals surface area contributed by atoms with E-state index >= 15 is 0 Å². The van der Waals surface area contributed by atoms with Crippen LogP contribution in [-0.4, -0.2) is 29.8 Å². The van der Waals surface area contributed by atoms with Gasteiger partial charge in [0.2, 0.25) is 0 Å². The quantitative estimate of drug-likeness (QED) is 0.860. The summed E-state index contributed by atoms with van der Waals surface area (Å²) < 4.78 is 10.2. The highest BCUT2D eigenvalue weighted by molar-refractivity contribution is 7.15. The number of halogens is 1. The standard InChI is InChI=1S/C13H12ClNO4S/c1-18-12(17)10-11(14)15-13(20-10)19-9-5-3-2-4-8(9)6-7-16/h2-5,16H,6-7H2,1H3. The smallest absolute Gasteiger partial charge is 0.351 e. The Kier molecular flexibility index (Phi) is 4.94. The summed E-state index contributed by atoms with van der Waals surface area (Å²) in [5, 5.41) is 9.32. The third kappa shape index (κ3) is 3.27. The van der Waals surface area contributed by atoms with E-state index in [0.717, 1.165) is 16.9 Å². The Labute approximate surface area is 124 Å². The number of ether oxygens (including phenoxy) is 2. The van der Waals surface area contributed by atoms with Gasteiger partial charge in [0.05, 0.1) is 7.11 Å². The molecular weight excluding hydrogens is 302 g/mol. The summed E-state index contributed by atoms with van der Waals surface area (Å²) in [6.45, 7) is 0.0202. The molecule has 0 saturated heterocycles. The Morgan fingerprint density at radius 3 is 2.90 bits per heavy atom. The molecule has 7 heteroatoms. The van der Waals surface area contributed by atoms with E-state index in [1.165, 1.54) is 7.11 Å². The topological polar surface area (TPSA) is 68.7 Å². The van der Waals surface area contributed by atoms with Gasteiger partial charge in [0.1, 0.15) is 5.75 Å². The first kappa shape index (κ1) is 14.8. The highest BCUT2D eigenvalue weighted by Crippen LogP contribution is 2.33. The molecule has 0 radical (unpaired) electrons. The summed E-state index contributed by atoms with van der Waals surface area (Å²) in [5.74, 6) is 0.0226. The van der Waals surface area contributed by atoms with Gasteiger partial charge in [0.15, 0.2) is 10.0 Å². The number of hydrogen-bond donors (Lipinski definition) is 1. The summed E-state index contributed by atoms with van der Waals surface area (Å²) in [5.41, 5.74) is 0.848. The van der Waals surface area contributed by atoms with Crippen molar-refractivity contribution in [1.82, 2.24) is 4.98 Å². The second kappa shape index (κ2) is 6.69. The zero-order chi connectivity index (χ0) is 14.5. The Balaban J connectivity index is 2.24. The fourth-order valence-corrected chi connectivity index (χ4v) is 2.63. The zero-order valence-corrected chi connectivity index (χ0v) is 12.2. The van der Waals surface area contributed by atoms with Crippen LogP contribution in [0.4, 0.5) is 0 Å². The Morgan fingerprint density at radius 2 is 2.20 bits per heavy atom. The van der Waals surface area contributed by atoms with E-state index in [-0.39, 0.29) is 21.8 Å². The third-order valence-electron chi connectivity index (χ3n) is 2.49. The monoisotopic (exact) mass is 313 g/mol. The molecule has 0 atom stereocenters. The van der Waals surface area contributed by atoms with Crippen LogP contribution in [0.15, 0.2) is 24.3 Å². The van der Waals surface area contributed by atoms with Crippen molar-refractivity contribution in [2.24, 2.45) is 0 Å². The lowest BCUT2D eigenvalue weighted by molar-refractivity contribution is 0.0606. The molecule has 0 bridgehead atoms. The number of thiazole rings is 1. The minimum Gasteiger partial charge on any atom is -0.465 e. The molecule has 1 aromatic heterocycles. The lowest BCUT2D eigenvalue weighted by Crippen LogP contribution is -1.98. The molecule has 1 N–H and O–H groups in total. The summed E-state index contributed by atoms with van der Waals surface area (Å²) in [7, 11) is 1.27. The normalized spacial score (nSPS) is 10.3. The van der Waals surface area contributed by atoms with Crippen molar-refractivity contribution >= 4 is 28.9 Å². The fraction of sp³-hybridized carbons (Fsp3) is 0.231. The predicted molar refractivity (Wildman–Crippen MR) is 75.8 cm³/mol. The SMILES string of the molecule is COC(=O)c1sc(Oc2ccccc2CCO)nc1Cl. The molecule has 1 heterocycles. The number of esters is 1. The van der Waals surface area contributed by atoms with Crippen LogP contribution >= 0.6 is 22.9 Å². The molecule has 106 valence electrons. The van der Waals surface area contributed by atoms with Gasteiger partial charge in [-0.3, -0.25) is 0 Å². The summed E-state index contributed by atoms with van der Waals surface area (Å²) >= 11 is 6.88. The molecule has 0 saturated carbocycles. The van der Waals surface area contributed by atoms with Crippen LogP contribution < -0.4 is 4.74 Å².